The van der Waals surface area contributed by atoms with Gasteiger partial charge in [-0.2, -0.15) is 0 Å². The summed E-state index contributed by atoms with van der Waals surface area (Å²) in [5, 5.41) is 0. The van der Waals surface area contributed by atoms with E-state index in [1.165, 1.54) is 16.1 Å². The number of rotatable bonds is 4. The van der Waals surface area contributed by atoms with E-state index in [-0.39, 0.29) is 0 Å². The predicted molar refractivity (Wildman–Crippen MR) is 92.1 cm³/mol. The molecular formula is C18H22N2S. The number of benzene rings is 2. The van der Waals surface area contributed by atoms with Gasteiger partial charge in [-0.05, 0) is 30.7 Å². The second-order valence-electron chi connectivity index (χ2n) is 5.48. The van der Waals surface area contributed by atoms with Crippen LogP contribution < -0.4 is 4.90 Å². The van der Waals surface area contributed by atoms with Gasteiger partial charge in [0.2, 0.25) is 0 Å². The smallest absolute Gasteiger partial charge is 0.0493 e. The zero-order chi connectivity index (χ0) is 14.5. The first-order valence-corrected chi connectivity index (χ1v) is 8.52. The summed E-state index contributed by atoms with van der Waals surface area (Å²) >= 11 is 1.93. The van der Waals surface area contributed by atoms with E-state index in [1.54, 1.807) is 0 Å². The molecule has 0 spiro atoms. The van der Waals surface area contributed by atoms with Crippen molar-refractivity contribution in [3.63, 3.8) is 0 Å². The van der Waals surface area contributed by atoms with Crippen LogP contribution in [0.4, 0.5) is 5.69 Å². The maximum atomic E-state index is 2.55. The second kappa shape index (κ2) is 7.01. The molecule has 1 aliphatic heterocycles. The van der Waals surface area contributed by atoms with Crippen molar-refractivity contribution in [3.8, 4) is 0 Å². The molecule has 1 fully saturated rings. The third-order valence-electron chi connectivity index (χ3n) is 3.99. The molecule has 3 heteroatoms. The van der Waals surface area contributed by atoms with Crippen LogP contribution >= 0.6 is 11.8 Å². The zero-order valence-electron chi connectivity index (χ0n) is 12.5. The van der Waals surface area contributed by atoms with E-state index >= 15 is 0 Å². The lowest BCUT2D eigenvalue weighted by Gasteiger charge is -2.36. The van der Waals surface area contributed by atoms with Gasteiger partial charge in [0.1, 0.15) is 0 Å². The normalized spacial score (nSPS) is 16.1. The van der Waals surface area contributed by atoms with Gasteiger partial charge in [-0.3, -0.25) is 4.90 Å². The van der Waals surface area contributed by atoms with E-state index < -0.39 is 0 Å². The van der Waals surface area contributed by atoms with Gasteiger partial charge < -0.3 is 4.90 Å². The Bertz CT molecular complexity index is 562. The molecule has 110 valence electrons. The molecule has 0 N–H and O–H groups in total. The van der Waals surface area contributed by atoms with Crippen molar-refractivity contribution in [1.29, 1.82) is 0 Å². The minimum atomic E-state index is 1.09. The van der Waals surface area contributed by atoms with Crippen LogP contribution in [0.15, 0.2) is 59.5 Å². The molecule has 21 heavy (non-hydrogen) atoms. The first-order chi connectivity index (χ1) is 10.3. The van der Waals surface area contributed by atoms with Gasteiger partial charge in [-0.15, -0.1) is 11.8 Å². The fraction of sp³-hybridized carbons (Fsp3) is 0.333. The van der Waals surface area contributed by atoms with Crippen LogP contribution in [-0.4, -0.2) is 37.0 Å². The average molecular weight is 298 g/mol. The Morgan fingerprint density at radius 1 is 0.857 bits per heavy atom. The molecule has 1 aliphatic rings. The third-order valence-corrected chi connectivity index (χ3v) is 5.09. The van der Waals surface area contributed by atoms with Crippen molar-refractivity contribution in [2.24, 2.45) is 0 Å². The van der Waals surface area contributed by atoms with Crippen molar-refractivity contribution >= 4 is 17.4 Å². The number of hydrogen-bond acceptors (Lipinski definition) is 3. The number of para-hydroxylation sites is 1. The maximum absolute atomic E-state index is 2.55. The maximum Gasteiger partial charge on any atom is 0.0493 e. The molecule has 0 aliphatic carbocycles. The zero-order valence-corrected chi connectivity index (χ0v) is 13.4. The van der Waals surface area contributed by atoms with E-state index in [4.69, 9.17) is 0 Å². The fourth-order valence-electron chi connectivity index (χ4n) is 2.72. The van der Waals surface area contributed by atoms with Crippen LogP contribution in [0.3, 0.4) is 0 Å². The molecule has 0 radical (unpaired) electrons. The Morgan fingerprint density at radius 3 is 2.24 bits per heavy atom. The second-order valence-corrected chi connectivity index (χ2v) is 6.50. The molecule has 0 unspecified atom stereocenters. The molecule has 2 aromatic rings. The van der Waals surface area contributed by atoms with Crippen LogP contribution in [0.1, 0.15) is 5.56 Å². The minimum Gasteiger partial charge on any atom is -0.369 e. The summed E-state index contributed by atoms with van der Waals surface area (Å²) in [5.74, 6) is 1.09. The molecule has 0 saturated carbocycles. The van der Waals surface area contributed by atoms with Gasteiger partial charge in [0.15, 0.2) is 0 Å². The van der Waals surface area contributed by atoms with E-state index in [0.717, 1.165) is 32.1 Å². The van der Waals surface area contributed by atoms with E-state index in [2.05, 4.69) is 71.3 Å². The van der Waals surface area contributed by atoms with Crippen molar-refractivity contribution < 1.29 is 0 Å². The van der Waals surface area contributed by atoms with Gasteiger partial charge in [-0.1, -0.05) is 36.4 Å². The number of anilines is 1. The number of hydrogen-bond donors (Lipinski definition) is 0. The Morgan fingerprint density at radius 2 is 1.52 bits per heavy atom. The van der Waals surface area contributed by atoms with Gasteiger partial charge in [-0.25, -0.2) is 0 Å². The fourth-order valence-corrected chi connectivity index (χ4v) is 3.66. The summed E-state index contributed by atoms with van der Waals surface area (Å²) in [7, 11) is 0. The SMILES string of the molecule is Cc1ccccc1N1CCN(CSc2ccccc2)CC1. The lowest BCUT2D eigenvalue weighted by Crippen LogP contribution is -2.46. The largest absolute Gasteiger partial charge is 0.369 e. The van der Waals surface area contributed by atoms with Crippen molar-refractivity contribution in [1.82, 2.24) is 4.90 Å². The first-order valence-electron chi connectivity index (χ1n) is 7.54. The Hall–Kier alpha value is -1.45. The number of thioether (sulfide) groups is 1. The summed E-state index contributed by atoms with van der Waals surface area (Å²) in [5.41, 5.74) is 2.78. The molecule has 1 saturated heterocycles. The van der Waals surface area contributed by atoms with Crippen LogP contribution in [0, 0.1) is 6.92 Å². The van der Waals surface area contributed by atoms with Gasteiger partial charge in [0, 0.05) is 42.6 Å². The lowest BCUT2D eigenvalue weighted by atomic mass is 10.1. The summed E-state index contributed by atoms with van der Waals surface area (Å²) in [6.45, 7) is 6.75. The molecule has 2 nitrogen and oxygen atoms in total. The van der Waals surface area contributed by atoms with E-state index in [9.17, 15) is 0 Å². The highest BCUT2D eigenvalue weighted by molar-refractivity contribution is 7.99. The van der Waals surface area contributed by atoms with E-state index in [1.807, 2.05) is 11.8 Å². The van der Waals surface area contributed by atoms with Crippen LogP contribution in [-0.2, 0) is 0 Å². The molecule has 1 heterocycles. The first kappa shape index (κ1) is 14.5. The monoisotopic (exact) mass is 298 g/mol. The quantitative estimate of drug-likeness (QED) is 0.791. The highest BCUT2D eigenvalue weighted by atomic mass is 32.2. The lowest BCUT2D eigenvalue weighted by molar-refractivity contribution is 0.300. The highest BCUT2D eigenvalue weighted by Gasteiger charge is 2.17. The minimum absolute atomic E-state index is 1.09. The standard InChI is InChI=1S/C18H22N2S/c1-16-7-5-6-10-18(16)20-13-11-19(12-14-20)15-21-17-8-3-2-4-9-17/h2-10H,11-15H2,1H3. The van der Waals surface area contributed by atoms with Crippen LogP contribution in [0.2, 0.25) is 0 Å². The molecule has 2 aromatic carbocycles. The van der Waals surface area contributed by atoms with Gasteiger partial charge in [0.05, 0.1) is 0 Å². The molecule has 0 amide bonds. The molecule has 3 rings (SSSR count). The van der Waals surface area contributed by atoms with Crippen LogP contribution in [0.25, 0.3) is 0 Å². The third kappa shape index (κ3) is 3.80. The molecule has 0 aromatic heterocycles. The number of aryl methyl sites for hydroxylation is 1. The van der Waals surface area contributed by atoms with Crippen molar-refractivity contribution in [2.75, 3.05) is 37.0 Å². The van der Waals surface area contributed by atoms with Crippen molar-refractivity contribution in [3.05, 3.63) is 60.2 Å². The van der Waals surface area contributed by atoms with Gasteiger partial charge in [0.25, 0.3) is 0 Å². The summed E-state index contributed by atoms with van der Waals surface area (Å²) in [6.07, 6.45) is 0. The topological polar surface area (TPSA) is 6.48 Å². The van der Waals surface area contributed by atoms with Crippen LogP contribution in [0.5, 0.6) is 0 Å². The molecular weight excluding hydrogens is 276 g/mol. The summed E-state index contributed by atoms with van der Waals surface area (Å²) in [4.78, 5) is 6.42. The van der Waals surface area contributed by atoms with Crippen molar-refractivity contribution in [2.45, 2.75) is 11.8 Å². The summed E-state index contributed by atoms with van der Waals surface area (Å²) < 4.78 is 0. The average Bonchev–Trinajstić information content (AvgIpc) is 2.55. The highest BCUT2D eigenvalue weighted by Crippen LogP contribution is 2.23. The molecule has 0 atom stereocenters. The van der Waals surface area contributed by atoms with E-state index in [0.29, 0.717) is 0 Å². The number of nitrogens with zero attached hydrogens (tertiary/aromatic N) is 2. The predicted octanol–water partition coefficient (Wildman–Crippen LogP) is 3.87. The van der Waals surface area contributed by atoms with Gasteiger partial charge >= 0.3 is 0 Å². The Kier molecular flexibility index (Phi) is 4.84. The number of piperazine rings is 1. The summed E-state index contributed by atoms with van der Waals surface area (Å²) in [6, 6.07) is 19.4. The Balaban J connectivity index is 1.50. The molecule has 0 bridgehead atoms. The Labute approximate surface area is 131 Å².